The Balaban J connectivity index is 1.82. The second-order valence-corrected chi connectivity index (χ2v) is 8.02. The summed E-state index contributed by atoms with van der Waals surface area (Å²) in [6.07, 6.45) is 9.91. The van der Waals surface area contributed by atoms with Crippen LogP contribution in [0.15, 0.2) is 63.1 Å². The van der Waals surface area contributed by atoms with Gasteiger partial charge in [-0.25, -0.2) is 4.39 Å². The third kappa shape index (κ3) is 5.13. The average Bonchev–Trinajstić information content (AvgIpc) is 3.07. The molecule has 1 atom stereocenters. The number of methoxy groups -OCH3 is 1. The van der Waals surface area contributed by atoms with Crippen LogP contribution >= 0.6 is 15.9 Å². The van der Waals surface area contributed by atoms with Gasteiger partial charge in [0.2, 0.25) is 0 Å². The molecule has 0 fully saturated rings. The maximum absolute atomic E-state index is 14.3. The van der Waals surface area contributed by atoms with E-state index in [-0.39, 0.29) is 0 Å². The van der Waals surface area contributed by atoms with Gasteiger partial charge in [-0.15, -0.1) is 0 Å². The first-order valence-corrected chi connectivity index (χ1v) is 10.8. The highest BCUT2D eigenvalue weighted by Gasteiger charge is 2.24. The van der Waals surface area contributed by atoms with E-state index in [1.54, 1.807) is 19.3 Å². The summed E-state index contributed by atoms with van der Waals surface area (Å²) in [5.41, 5.74) is 3.18. The highest BCUT2D eigenvalue weighted by Crippen LogP contribution is 2.29. The van der Waals surface area contributed by atoms with Gasteiger partial charge in [-0.3, -0.25) is 4.99 Å². The lowest BCUT2D eigenvalue weighted by Gasteiger charge is -2.23. The zero-order valence-electron chi connectivity index (χ0n) is 16.6. The number of amidine groups is 1. The van der Waals surface area contributed by atoms with Crippen molar-refractivity contribution in [3.63, 3.8) is 0 Å². The Morgan fingerprint density at radius 1 is 1.32 bits per heavy atom. The molecule has 0 bridgehead atoms. The van der Waals surface area contributed by atoms with Gasteiger partial charge in [0.05, 0.1) is 13.7 Å². The summed E-state index contributed by atoms with van der Waals surface area (Å²) in [7, 11) is 1.68. The molecule has 0 saturated carbocycles. The standard InChI is InChI=1S/C23H28BrFN2O/c1-3-4-13-27-14-12-26-23(27)21-7-5-6-20(25)16-17(21)8-9-18-15-19(24)10-11-22(18)28-2/h5-7,10-11,15-16,20H,3-4,8-9,12-14H2,1-2H3. The second kappa shape index (κ2) is 10.1. The van der Waals surface area contributed by atoms with Gasteiger partial charge in [-0.1, -0.05) is 41.4 Å². The number of nitrogens with zero attached hydrogens (tertiary/aromatic N) is 2. The third-order valence-corrected chi connectivity index (χ3v) is 5.62. The molecule has 2 aliphatic rings. The third-order valence-electron chi connectivity index (χ3n) is 5.12. The molecule has 0 saturated heterocycles. The number of halogens is 2. The predicted octanol–water partition coefficient (Wildman–Crippen LogP) is 5.67. The number of allylic oxidation sites excluding steroid dienone is 4. The van der Waals surface area contributed by atoms with Crippen LogP contribution in [0.2, 0.25) is 0 Å². The van der Waals surface area contributed by atoms with Gasteiger partial charge in [-0.2, -0.15) is 0 Å². The number of hydrogen-bond donors (Lipinski definition) is 0. The quantitative estimate of drug-likeness (QED) is 0.514. The topological polar surface area (TPSA) is 24.8 Å². The summed E-state index contributed by atoms with van der Waals surface area (Å²) in [5.74, 6) is 1.88. The smallest absolute Gasteiger partial charge is 0.137 e. The molecule has 150 valence electrons. The van der Waals surface area contributed by atoms with E-state index in [1.807, 2.05) is 24.3 Å². The van der Waals surface area contributed by atoms with Crippen LogP contribution < -0.4 is 4.74 Å². The number of aliphatic imine (C=N–C) groups is 1. The van der Waals surface area contributed by atoms with Crippen molar-refractivity contribution in [2.45, 2.75) is 38.8 Å². The van der Waals surface area contributed by atoms with Crippen LogP contribution in [-0.4, -0.2) is 43.7 Å². The van der Waals surface area contributed by atoms with Crippen LogP contribution in [0.25, 0.3) is 0 Å². The molecule has 1 aromatic rings. The normalized spacial score (nSPS) is 19.2. The summed E-state index contributed by atoms with van der Waals surface area (Å²) in [6.45, 7) is 4.96. The maximum Gasteiger partial charge on any atom is 0.137 e. The minimum Gasteiger partial charge on any atom is -0.496 e. The Labute approximate surface area is 175 Å². The van der Waals surface area contributed by atoms with Crippen molar-refractivity contribution in [3.05, 3.63) is 63.7 Å². The largest absolute Gasteiger partial charge is 0.496 e. The predicted molar refractivity (Wildman–Crippen MR) is 118 cm³/mol. The van der Waals surface area contributed by atoms with Crippen molar-refractivity contribution in [2.75, 3.05) is 26.7 Å². The highest BCUT2D eigenvalue weighted by molar-refractivity contribution is 9.10. The van der Waals surface area contributed by atoms with E-state index < -0.39 is 6.17 Å². The number of alkyl halides is 1. The van der Waals surface area contributed by atoms with Crippen molar-refractivity contribution in [3.8, 4) is 5.75 Å². The summed E-state index contributed by atoms with van der Waals surface area (Å²) in [6, 6.07) is 6.01. The number of ether oxygens (including phenoxy) is 1. The van der Waals surface area contributed by atoms with E-state index in [2.05, 4.69) is 33.8 Å². The van der Waals surface area contributed by atoms with Crippen molar-refractivity contribution >= 4 is 21.8 Å². The van der Waals surface area contributed by atoms with E-state index in [4.69, 9.17) is 9.73 Å². The van der Waals surface area contributed by atoms with Gasteiger partial charge in [0.25, 0.3) is 0 Å². The zero-order valence-corrected chi connectivity index (χ0v) is 18.2. The Morgan fingerprint density at radius 3 is 2.96 bits per heavy atom. The van der Waals surface area contributed by atoms with Gasteiger partial charge < -0.3 is 9.64 Å². The first kappa shape index (κ1) is 20.8. The number of rotatable bonds is 8. The lowest BCUT2D eigenvalue weighted by atomic mass is 9.96. The molecule has 5 heteroatoms. The monoisotopic (exact) mass is 446 g/mol. The van der Waals surface area contributed by atoms with Crippen LogP contribution in [0, 0.1) is 0 Å². The summed E-state index contributed by atoms with van der Waals surface area (Å²) < 4.78 is 20.8. The van der Waals surface area contributed by atoms with Gasteiger partial charge in [-0.05, 0) is 60.8 Å². The van der Waals surface area contributed by atoms with Crippen molar-refractivity contribution < 1.29 is 9.13 Å². The van der Waals surface area contributed by atoms with Gasteiger partial charge in [0.15, 0.2) is 0 Å². The van der Waals surface area contributed by atoms with E-state index in [1.165, 1.54) is 0 Å². The molecule has 1 aliphatic carbocycles. The molecule has 1 heterocycles. The molecule has 1 aliphatic heterocycles. The first-order chi connectivity index (χ1) is 13.6. The summed E-state index contributed by atoms with van der Waals surface area (Å²) >= 11 is 3.53. The number of unbranched alkanes of at least 4 members (excludes halogenated alkanes) is 1. The molecule has 0 spiro atoms. The molecule has 0 N–H and O–H groups in total. The van der Waals surface area contributed by atoms with E-state index in [0.29, 0.717) is 0 Å². The molecular formula is C23H28BrFN2O. The van der Waals surface area contributed by atoms with E-state index >= 15 is 0 Å². The molecule has 0 amide bonds. The Kier molecular flexibility index (Phi) is 7.49. The number of benzene rings is 1. The van der Waals surface area contributed by atoms with Crippen molar-refractivity contribution in [1.29, 1.82) is 0 Å². The molecule has 1 aromatic carbocycles. The fourth-order valence-electron chi connectivity index (χ4n) is 3.66. The van der Waals surface area contributed by atoms with Gasteiger partial charge in [0, 0.05) is 23.1 Å². The average molecular weight is 447 g/mol. The molecule has 1 unspecified atom stereocenters. The molecule has 0 aromatic heterocycles. The van der Waals surface area contributed by atoms with Crippen molar-refractivity contribution in [1.82, 2.24) is 4.90 Å². The highest BCUT2D eigenvalue weighted by atomic mass is 79.9. The van der Waals surface area contributed by atoms with Crippen LogP contribution in [0.5, 0.6) is 5.75 Å². The fraction of sp³-hybridized carbons (Fsp3) is 0.435. The summed E-state index contributed by atoms with van der Waals surface area (Å²) in [4.78, 5) is 7.10. The summed E-state index contributed by atoms with van der Waals surface area (Å²) in [5, 5.41) is 0. The minimum atomic E-state index is -1.07. The maximum atomic E-state index is 14.3. The Bertz CT molecular complexity index is 813. The first-order valence-electron chi connectivity index (χ1n) is 9.98. The molecular weight excluding hydrogens is 419 g/mol. The molecule has 28 heavy (non-hydrogen) atoms. The van der Waals surface area contributed by atoms with Crippen LogP contribution in [0.1, 0.15) is 31.7 Å². The van der Waals surface area contributed by atoms with Crippen LogP contribution in [0.3, 0.4) is 0 Å². The van der Waals surface area contributed by atoms with Crippen molar-refractivity contribution in [2.24, 2.45) is 4.99 Å². The van der Waals surface area contributed by atoms with E-state index in [0.717, 1.165) is 78.1 Å². The molecule has 0 radical (unpaired) electrons. The second-order valence-electron chi connectivity index (χ2n) is 7.10. The minimum absolute atomic E-state index is 0.737. The van der Waals surface area contributed by atoms with Gasteiger partial charge in [0.1, 0.15) is 17.8 Å². The Morgan fingerprint density at radius 2 is 2.18 bits per heavy atom. The molecule has 3 rings (SSSR count). The van der Waals surface area contributed by atoms with E-state index in [9.17, 15) is 4.39 Å². The van der Waals surface area contributed by atoms with Gasteiger partial charge >= 0.3 is 0 Å². The Hall–Kier alpha value is -1.88. The van der Waals surface area contributed by atoms with Crippen LogP contribution in [-0.2, 0) is 6.42 Å². The number of aryl methyl sites for hydroxylation is 1. The zero-order chi connectivity index (χ0) is 19.9. The lowest BCUT2D eigenvalue weighted by molar-refractivity contribution is 0.409. The lowest BCUT2D eigenvalue weighted by Crippen LogP contribution is -2.30. The number of hydrogen-bond acceptors (Lipinski definition) is 3. The molecule has 3 nitrogen and oxygen atoms in total. The van der Waals surface area contributed by atoms with Crippen LogP contribution in [0.4, 0.5) is 4.39 Å². The fourth-order valence-corrected chi connectivity index (χ4v) is 4.06. The SMILES string of the molecule is CCCCN1CCN=C1C1=CC=CC(F)C=C1CCc1cc(Br)ccc1OC.